The first kappa shape index (κ1) is 7.49. The minimum atomic E-state index is 0.258. The van der Waals surface area contributed by atoms with Crippen molar-refractivity contribution in [1.29, 1.82) is 0 Å². The second kappa shape index (κ2) is 2.18. The van der Waals surface area contributed by atoms with Crippen LogP contribution in [0.3, 0.4) is 0 Å². The van der Waals surface area contributed by atoms with E-state index in [1.54, 1.807) is 0 Å². The first-order chi connectivity index (χ1) is 2.94. The fraction of sp³-hybridized carbons (Fsp3) is 1.00. The van der Waals surface area contributed by atoms with Crippen LogP contribution in [0.4, 0.5) is 0 Å². The highest BCUT2D eigenvalue weighted by molar-refractivity contribution is 7.82. The van der Waals surface area contributed by atoms with Crippen molar-refractivity contribution in [2.45, 2.75) is 25.9 Å². The summed E-state index contributed by atoms with van der Waals surface area (Å²) < 4.78 is 0. The molecular formula is C5H14BP. The fourth-order valence-corrected chi connectivity index (χ4v) is 0. The minimum absolute atomic E-state index is 0.258. The molecule has 0 aliphatic heterocycles. The molecule has 0 rings (SSSR count). The lowest BCUT2D eigenvalue weighted by molar-refractivity contribution is 0.794. The van der Waals surface area contributed by atoms with E-state index < -0.39 is 0 Å². The van der Waals surface area contributed by atoms with Gasteiger partial charge in [0.05, 0.1) is 0 Å². The lowest BCUT2D eigenvalue weighted by Gasteiger charge is -2.23. The second-order valence-electron chi connectivity index (χ2n) is 3.07. The van der Waals surface area contributed by atoms with Crippen molar-refractivity contribution in [1.82, 2.24) is 0 Å². The number of hydrogen-bond acceptors (Lipinski definition) is 0. The Hall–Kier alpha value is 0.495. The Morgan fingerprint density at radius 2 is 1.43 bits per heavy atom. The van der Waals surface area contributed by atoms with Gasteiger partial charge in [-0.05, 0) is 5.16 Å². The van der Waals surface area contributed by atoms with Crippen molar-refractivity contribution in [3.05, 3.63) is 0 Å². The summed E-state index contributed by atoms with van der Waals surface area (Å²) >= 11 is 0. The zero-order valence-corrected chi connectivity index (χ0v) is 6.84. The molecule has 0 aromatic heterocycles. The number of hydrogen-bond donors (Lipinski definition) is 0. The highest BCUT2D eigenvalue weighted by Gasteiger charge is 2.12. The SMILES string of the molecule is BP(C)C(C)(C)C. The maximum Gasteiger partial charge on any atom is 0.134 e. The van der Waals surface area contributed by atoms with E-state index >= 15 is 0 Å². The normalized spacial score (nSPS) is 16.6. The van der Waals surface area contributed by atoms with Gasteiger partial charge < -0.3 is 0 Å². The van der Waals surface area contributed by atoms with Crippen LogP contribution in [0.15, 0.2) is 0 Å². The standard InChI is InChI=1S/C5H14BP/c1-5(2,3)7(4)6/h6H2,1-4H3. The largest absolute Gasteiger partial charge is 0.147 e. The van der Waals surface area contributed by atoms with Gasteiger partial charge in [-0.2, -0.15) is 0 Å². The Labute approximate surface area is 48.8 Å². The van der Waals surface area contributed by atoms with Crippen LogP contribution in [0.5, 0.6) is 0 Å². The van der Waals surface area contributed by atoms with E-state index in [0.29, 0.717) is 5.16 Å². The van der Waals surface area contributed by atoms with Crippen molar-refractivity contribution in [2.24, 2.45) is 0 Å². The van der Waals surface area contributed by atoms with Crippen LogP contribution in [-0.4, -0.2) is 19.4 Å². The van der Waals surface area contributed by atoms with Crippen LogP contribution in [0, 0.1) is 0 Å². The Bertz CT molecular complexity index is 53.6. The Balaban J connectivity index is 3.54. The van der Waals surface area contributed by atoms with E-state index in [1.807, 2.05) is 0 Å². The zero-order valence-electron chi connectivity index (χ0n) is 5.95. The molecule has 0 aliphatic rings. The van der Waals surface area contributed by atoms with Crippen LogP contribution >= 0.6 is 7.80 Å². The topological polar surface area (TPSA) is 0 Å². The van der Waals surface area contributed by atoms with E-state index in [2.05, 4.69) is 35.0 Å². The summed E-state index contributed by atoms with van der Waals surface area (Å²) in [4.78, 5) is 0. The monoisotopic (exact) mass is 116 g/mol. The molecule has 0 amide bonds. The summed E-state index contributed by atoms with van der Waals surface area (Å²) in [5.41, 5.74) is 0. The average Bonchev–Trinajstić information content (AvgIpc) is 1.31. The maximum atomic E-state index is 2.31. The van der Waals surface area contributed by atoms with E-state index in [4.69, 9.17) is 0 Å². The average molecular weight is 116 g/mol. The molecule has 0 saturated carbocycles. The predicted octanol–water partition coefficient (Wildman–Crippen LogP) is 1.44. The zero-order chi connectivity index (χ0) is 6.08. The van der Waals surface area contributed by atoms with Gasteiger partial charge >= 0.3 is 0 Å². The lowest BCUT2D eigenvalue weighted by atomic mass is 10.3. The van der Waals surface area contributed by atoms with Gasteiger partial charge in [-0.1, -0.05) is 27.4 Å². The highest BCUT2D eigenvalue weighted by Crippen LogP contribution is 2.40. The quantitative estimate of drug-likeness (QED) is 0.332. The molecule has 0 aromatic rings. The van der Waals surface area contributed by atoms with Crippen molar-refractivity contribution in [3.63, 3.8) is 0 Å². The smallest absolute Gasteiger partial charge is 0.134 e. The molecule has 0 heterocycles. The van der Waals surface area contributed by atoms with Gasteiger partial charge in [0.15, 0.2) is 0 Å². The van der Waals surface area contributed by atoms with Crippen LogP contribution in [-0.2, 0) is 0 Å². The van der Waals surface area contributed by atoms with E-state index in [-0.39, 0.29) is 7.80 Å². The lowest BCUT2D eigenvalue weighted by Crippen LogP contribution is -2.09. The highest BCUT2D eigenvalue weighted by atomic mass is 31.1. The molecule has 7 heavy (non-hydrogen) atoms. The van der Waals surface area contributed by atoms with Gasteiger partial charge in [0.2, 0.25) is 0 Å². The summed E-state index contributed by atoms with van der Waals surface area (Å²) in [6.45, 7) is 9.19. The molecule has 2 heteroatoms. The molecule has 0 bridgehead atoms. The summed E-state index contributed by atoms with van der Waals surface area (Å²) in [5, 5.41) is 0.565. The molecule has 0 spiro atoms. The van der Waals surface area contributed by atoms with Crippen molar-refractivity contribution < 1.29 is 0 Å². The second-order valence-corrected chi connectivity index (χ2v) is 6.20. The van der Waals surface area contributed by atoms with Crippen molar-refractivity contribution in [3.8, 4) is 0 Å². The van der Waals surface area contributed by atoms with Crippen molar-refractivity contribution >= 4 is 15.4 Å². The van der Waals surface area contributed by atoms with Crippen LogP contribution in [0.1, 0.15) is 20.8 Å². The van der Waals surface area contributed by atoms with Gasteiger partial charge in [-0.25, -0.2) is 0 Å². The molecule has 1 unspecified atom stereocenters. The molecule has 0 nitrogen and oxygen atoms in total. The summed E-state index contributed by atoms with van der Waals surface area (Å²) in [6.07, 6.45) is 0. The van der Waals surface area contributed by atoms with Gasteiger partial charge in [0.25, 0.3) is 0 Å². The molecular weight excluding hydrogens is 102 g/mol. The molecule has 42 valence electrons. The van der Waals surface area contributed by atoms with Crippen LogP contribution in [0.25, 0.3) is 0 Å². The Morgan fingerprint density at radius 3 is 1.43 bits per heavy atom. The molecule has 0 fully saturated rings. The molecule has 0 saturated heterocycles. The minimum Gasteiger partial charge on any atom is -0.147 e. The van der Waals surface area contributed by atoms with Crippen molar-refractivity contribution in [2.75, 3.05) is 6.66 Å². The van der Waals surface area contributed by atoms with Gasteiger partial charge in [-0.3, -0.25) is 0 Å². The molecule has 0 aromatic carbocycles. The van der Waals surface area contributed by atoms with Gasteiger partial charge in [-0.15, -0.1) is 7.80 Å². The van der Waals surface area contributed by atoms with E-state index in [0.717, 1.165) is 0 Å². The van der Waals surface area contributed by atoms with E-state index in [9.17, 15) is 0 Å². The fourth-order valence-electron chi connectivity index (χ4n) is 0. The summed E-state index contributed by atoms with van der Waals surface area (Å²) in [6, 6.07) is 0. The molecule has 0 aliphatic carbocycles. The first-order valence-corrected chi connectivity index (χ1v) is 4.85. The predicted molar refractivity (Wildman–Crippen MR) is 41.1 cm³/mol. The third kappa shape index (κ3) is 3.11. The molecule has 1 atom stereocenters. The third-order valence-electron chi connectivity index (χ3n) is 1.34. The third-order valence-corrected chi connectivity index (χ3v) is 4.02. The Morgan fingerprint density at radius 1 is 1.29 bits per heavy atom. The van der Waals surface area contributed by atoms with E-state index in [1.165, 1.54) is 0 Å². The molecule has 0 N–H and O–H groups in total. The molecule has 0 radical (unpaired) electrons. The van der Waals surface area contributed by atoms with Crippen LogP contribution in [0.2, 0.25) is 0 Å². The maximum absolute atomic E-state index is 2.31. The van der Waals surface area contributed by atoms with Crippen LogP contribution < -0.4 is 0 Å². The Kier molecular flexibility index (Phi) is 2.33. The summed E-state index contributed by atoms with van der Waals surface area (Å²) in [7, 11) is 2.57. The summed E-state index contributed by atoms with van der Waals surface area (Å²) in [5.74, 6) is 0. The van der Waals surface area contributed by atoms with Gasteiger partial charge in [0.1, 0.15) is 7.57 Å². The van der Waals surface area contributed by atoms with Gasteiger partial charge in [0, 0.05) is 0 Å². The number of rotatable bonds is 0. The first-order valence-electron chi connectivity index (χ1n) is 2.62.